The molecule has 2 rings (SSSR count). The van der Waals surface area contributed by atoms with E-state index in [4.69, 9.17) is 4.74 Å². The second-order valence-electron chi connectivity index (χ2n) is 9.31. The summed E-state index contributed by atoms with van der Waals surface area (Å²) in [5.74, 6) is 1.22. The Morgan fingerprint density at radius 1 is 1.04 bits per heavy atom. The van der Waals surface area contributed by atoms with E-state index < -0.39 is 0 Å². The molecule has 1 heterocycles. The number of amides is 1. The number of nitrogens with zero attached hydrogens (tertiary/aromatic N) is 3. The molecule has 1 saturated heterocycles. The first-order valence-electron chi connectivity index (χ1n) is 11.8. The number of piperazine rings is 1. The maximum absolute atomic E-state index is 12.0. The SMILES string of the molecule is CCCC(CCC)CN1CCN(CCO[C@H]2C[C@H](N(C)C(=O)C(C)C)C2)CC1. The van der Waals surface area contributed by atoms with Crippen LogP contribution >= 0.6 is 0 Å². The van der Waals surface area contributed by atoms with E-state index in [9.17, 15) is 4.79 Å². The lowest BCUT2D eigenvalue weighted by molar-refractivity contribution is -0.140. The van der Waals surface area contributed by atoms with E-state index in [0.29, 0.717) is 12.1 Å². The highest BCUT2D eigenvalue weighted by Gasteiger charge is 2.35. The highest BCUT2D eigenvalue weighted by Crippen LogP contribution is 2.28. The summed E-state index contributed by atoms with van der Waals surface area (Å²) in [4.78, 5) is 19.2. The van der Waals surface area contributed by atoms with Gasteiger partial charge in [0.2, 0.25) is 5.91 Å². The van der Waals surface area contributed by atoms with E-state index in [-0.39, 0.29) is 11.8 Å². The fourth-order valence-electron chi connectivity index (χ4n) is 4.63. The molecule has 1 aliphatic heterocycles. The van der Waals surface area contributed by atoms with Gasteiger partial charge in [0.05, 0.1) is 12.7 Å². The first-order chi connectivity index (χ1) is 13.4. The Kier molecular flexibility index (Phi) is 10.2. The first kappa shape index (κ1) is 23.6. The molecule has 2 aliphatic rings. The third kappa shape index (κ3) is 7.31. The Bertz CT molecular complexity index is 437. The number of rotatable bonds is 12. The maximum atomic E-state index is 12.0. The molecule has 0 aromatic heterocycles. The molecule has 0 unspecified atom stereocenters. The second-order valence-corrected chi connectivity index (χ2v) is 9.31. The summed E-state index contributed by atoms with van der Waals surface area (Å²) in [7, 11) is 1.94. The zero-order valence-corrected chi connectivity index (χ0v) is 19.2. The average molecular weight is 396 g/mol. The van der Waals surface area contributed by atoms with E-state index in [1.807, 2.05) is 25.8 Å². The van der Waals surface area contributed by atoms with Gasteiger partial charge in [0, 0.05) is 58.3 Å². The van der Waals surface area contributed by atoms with Crippen LogP contribution < -0.4 is 0 Å². The number of carbonyl (C=O) groups excluding carboxylic acids is 1. The number of hydrogen-bond acceptors (Lipinski definition) is 4. The Balaban J connectivity index is 1.54. The fourth-order valence-corrected chi connectivity index (χ4v) is 4.63. The molecule has 5 nitrogen and oxygen atoms in total. The minimum atomic E-state index is 0.0860. The quantitative estimate of drug-likeness (QED) is 0.507. The van der Waals surface area contributed by atoms with Crippen LogP contribution in [-0.4, -0.2) is 85.7 Å². The summed E-state index contributed by atoms with van der Waals surface area (Å²) < 4.78 is 6.06. The smallest absolute Gasteiger partial charge is 0.225 e. The molecule has 1 aliphatic carbocycles. The van der Waals surface area contributed by atoms with Gasteiger partial charge in [0.15, 0.2) is 0 Å². The van der Waals surface area contributed by atoms with Gasteiger partial charge >= 0.3 is 0 Å². The number of carbonyl (C=O) groups is 1. The van der Waals surface area contributed by atoms with E-state index in [1.54, 1.807) is 0 Å². The van der Waals surface area contributed by atoms with Crippen LogP contribution in [0.2, 0.25) is 0 Å². The van der Waals surface area contributed by atoms with Crippen molar-refractivity contribution in [2.45, 2.75) is 78.4 Å². The molecule has 28 heavy (non-hydrogen) atoms. The molecule has 1 saturated carbocycles. The summed E-state index contributed by atoms with van der Waals surface area (Å²) in [6.07, 6.45) is 7.72. The van der Waals surface area contributed by atoms with Crippen molar-refractivity contribution >= 4 is 5.91 Å². The summed E-state index contributed by atoms with van der Waals surface area (Å²) in [6.45, 7) is 16.5. The summed E-state index contributed by atoms with van der Waals surface area (Å²) in [5, 5.41) is 0. The van der Waals surface area contributed by atoms with Crippen LogP contribution in [0.5, 0.6) is 0 Å². The van der Waals surface area contributed by atoms with Gasteiger partial charge in [-0.3, -0.25) is 9.69 Å². The molecule has 0 radical (unpaired) electrons. The van der Waals surface area contributed by atoms with Crippen LogP contribution in [0.4, 0.5) is 0 Å². The molecule has 0 atom stereocenters. The monoisotopic (exact) mass is 395 g/mol. The van der Waals surface area contributed by atoms with Crippen LogP contribution in [0.3, 0.4) is 0 Å². The normalized spacial score (nSPS) is 24.0. The van der Waals surface area contributed by atoms with E-state index in [1.165, 1.54) is 58.4 Å². The van der Waals surface area contributed by atoms with Gasteiger partial charge in [0.1, 0.15) is 0 Å². The topological polar surface area (TPSA) is 36.0 Å². The van der Waals surface area contributed by atoms with Crippen molar-refractivity contribution in [2.24, 2.45) is 11.8 Å². The Morgan fingerprint density at radius 2 is 1.61 bits per heavy atom. The predicted molar refractivity (Wildman–Crippen MR) is 117 cm³/mol. The standard InChI is InChI=1S/C23H45N3O2/c1-6-8-20(9-7-2)18-26-12-10-25(11-13-26)14-15-28-22-16-21(17-22)24(5)23(27)19(3)4/h19-22H,6-18H2,1-5H3/t21-,22-. The largest absolute Gasteiger partial charge is 0.377 e. The van der Waals surface area contributed by atoms with Gasteiger partial charge in [-0.25, -0.2) is 0 Å². The maximum Gasteiger partial charge on any atom is 0.225 e. The minimum absolute atomic E-state index is 0.0860. The molecule has 5 heteroatoms. The van der Waals surface area contributed by atoms with Gasteiger partial charge in [0.25, 0.3) is 0 Å². The third-order valence-electron chi connectivity index (χ3n) is 6.60. The third-order valence-corrected chi connectivity index (χ3v) is 6.60. The molecule has 164 valence electrons. The van der Waals surface area contributed by atoms with Crippen LogP contribution in [-0.2, 0) is 9.53 Å². The molecule has 0 N–H and O–H groups in total. The average Bonchev–Trinajstić information content (AvgIpc) is 2.64. The second kappa shape index (κ2) is 12.1. The molecule has 0 bridgehead atoms. The number of hydrogen-bond donors (Lipinski definition) is 0. The highest BCUT2D eigenvalue weighted by molar-refractivity contribution is 5.78. The van der Waals surface area contributed by atoms with E-state index >= 15 is 0 Å². The van der Waals surface area contributed by atoms with Crippen LogP contribution in [0.1, 0.15) is 66.2 Å². The Hall–Kier alpha value is -0.650. The van der Waals surface area contributed by atoms with Crippen LogP contribution in [0.25, 0.3) is 0 Å². The minimum Gasteiger partial charge on any atom is -0.377 e. The lowest BCUT2D eigenvalue weighted by Crippen LogP contribution is -2.51. The van der Waals surface area contributed by atoms with E-state index in [2.05, 4.69) is 23.6 Å². The van der Waals surface area contributed by atoms with Crippen LogP contribution in [0, 0.1) is 11.8 Å². The van der Waals surface area contributed by atoms with Crippen molar-refractivity contribution in [1.82, 2.24) is 14.7 Å². The molecule has 0 aromatic rings. The lowest BCUT2D eigenvalue weighted by atomic mass is 9.87. The molecule has 0 aromatic carbocycles. The lowest BCUT2D eigenvalue weighted by Gasteiger charge is -2.42. The Morgan fingerprint density at radius 3 is 2.14 bits per heavy atom. The summed E-state index contributed by atoms with van der Waals surface area (Å²) in [5.41, 5.74) is 0. The molecular formula is C23H45N3O2. The van der Waals surface area contributed by atoms with Crippen LogP contribution in [0.15, 0.2) is 0 Å². The van der Waals surface area contributed by atoms with Crippen molar-refractivity contribution in [3.8, 4) is 0 Å². The summed E-state index contributed by atoms with van der Waals surface area (Å²) >= 11 is 0. The summed E-state index contributed by atoms with van der Waals surface area (Å²) in [6, 6.07) is 0.377. The Labute approximate surface area is 173 Å². The fraction of sp³-hybridized carbons (Fsp3) is 0.957. The van der Waals surface area contributed by atoms with Gasteiger partial charge in [-0.2, -0.15) is 0 Å². The van der Waals surface area contributed by atoms with E-state index in [0.717, 1.165) is 31.9 Å². The van der Waals surface area contributed by atoms with Gasteiger partial charge in [-0.15, -0.1) is 0 Å². The van der Waals surface area contributed by atoms with Gasteiger partial charge in [-0.1, -0.05) is 40.5 Å². The molecule has 1 amide bonds. The molecule has 0 spiro atoms. The zero-order chi connectivity index (χ0) is 20.5. The van der Waals surface area contributed by atoms with Crippen molar-refractivity contribution in [3.05, 3.63) is 0 Å². The predicted octanol–water partition coefficient (Wildman–Crippen LogP) is 3.48. The first-order valence-corrected chi connectivity index (χ1v) is 11.8. The van der Waals surface area contributed by atoms with Crippen molar-refractivity contribution in [2.75, 3.05) is 52.9 Å². The van der Waals surface area contributed by atoms with Crippen molar-refractivity contribution < 1.29 is 9.53 Å². The molecular weight excluding hydrogens is 350 g/mol. The zero-order valence-electron chi connectivity index (χ0n) is 19.2. The van der Waals surface area contributed by atoms with Gasteiger partial charge < -0.3 is 14.5 Å². The highest BCUT2D eigenvalue weighted by atomic mass is 16.5. The molecule has 2 fully saturated rings. The van der Waals surface area contributed by atoms with Crippen molar-refractivity contribution in [1.29, 1.82) is 0 Å². The van der Waals surface area contributed by atoms with Gasteiger partial charge in [-0.05, 0) is 31.6 Å². The number of ether oxygens (including phenoxy) is 1. The van der Waals surface area contributed by atoms with Crippen molar-refractivity contribution in [3.63, 3.8) is 0 Å².